The van der Waals surface area contributed by atoms with Crippen molar-refractivity contribution in [3.63, 3.8) is 0 Å². The fourth-order valence-corrected chi connectivity index (χ4v) is 5.05. The summed E-state index contributed by atoms with van der Waals surface area (Å²) in [4.78, 5) is 16.1. The highest BCUT2D eigenvalue weighted by Gasteiger charge is 2.24. The number of thiophene rings is 1. The Labute approximate surface area is 168 Å². The predicted octanol–water partition coefficient (Wildman–Crippen LogP) is 1.32. The Morgan fingerprint density at radius 3 is 2.79 bits per heavy atom. The monoisotopic (exact) mass is 421 g/mol. The van der Waals surface area contributed by atoms with Crippen molar-refractivity contribution in [3.05, 3.63) is 47.3 Å². The Morgan fingerprint density at radius 1 is 1.21 bits per heavy atom. The Kier molecular flexibility index (Phi) is 6.65. The number of nitrogens with one attached hydrogen (secondary N) is 4. The van der Waals surface area contributed by atoms with Gasteiger partial charge in [-0.1, -0.05) is 24.3 Å². The number of fused-ring (bicyclic) bond motifs is 1. The van der Waals surface area contributed by atoms with Crippen LogP contribution in [0.25, 0.3) is 0 Å². The molecule has 0 saturated carbocycles. The van der Waals surface area contributed by atoms with Crippen LogP contribution in [0.1, 0.15) is 17.9 Å². The lowest BCUT2D eigenvalue weighted by molar-refractivity contribution is -0.116. The van der Waals surface area contributed by atoms with E-state index < -0.39 is 10.0 Å². The predicted molar refractivity (Wildman–Crippen MR) is 111 cm³/mol. The average Bonchev–Trinajstić information content (AvgIpc) is 3.23. The van der Waals surface area contributed by atoms with E-state index in [1.54, 1.807) is 24.6 Å². The molecule has 28 heavy (non-hydrogen) atoms. The maximum atomic E-state index is 12.1. The number of nitrogens with zero attached hydrogens (tertiary/aromatic N) is 1. The maximum Gasteiger partial charge on any atom is 0.250 e. The molecule has 150 valence electrons. The molecule has 0 saturated heterocycles. The summed E-state index contributed by atoms with van der Waals surface area (Å²) in [5.41, 5.74) is 1.94. The van der Waals surface area contributed by atoms with E-state index in [0.29, 0.717) is 29.7 Å². The Balaban J connectivity index is 1.47. The summed E-state index contributed by atoms with van der Waals surface area (Å²) in [7, 11) is -1.82. The first-order valence-corrected chi connectivity index (χ1v) is 11.2. The van der Waals surface area contributed by atoms with Gasteiger partial charge in [0, 0.05) is 44.7 Å². The quantitative estimate of drug-likeness (QED) is 0.306. The van der Waals surface area contributed by atoms with Crippen LogP contribution in [0, 0.1) is 0 Å². The molecule has 4 N–H and O–H groups in total. The summed E-state index contributed by atoms with van der Waals surface area (Å²) < 4.78 is 27.0. The molecule has 0 spiro atoms. The van der Waals surface area contributed by atoms with Crippen molar-refractivity contribution in [1.29, 1.82) is 0 Å². The number of sulfonamides is 1. The largest absolute Gasteiger partial charge is 0.356 e. The van der Waals surface area contributed by atoms with E-state index in [4.69, 9.17) is 0 Å². The van der Waals surface area contributed by atoms with Crippen LogP contribution in [0.5, 0.6) is 0 Å². The lowest BCUT2D eigenvalue weighted by Gasteiger charge is -2.26. The van der Waals surface area contributed by atoms with Crippen molar-refractivity contribution >= 4 is 38.9 Å². The minimum atomic E-state index is -3.47. The fourth-order valence-electron chi connectivity index (χ4n) is 2.98. The van der Waals surface area contributed by atoms with E-state index in [2.05, 4.69) is 25.7 Å². The third-order valence-corrected chi connectivity index (χ3v) is 7.17. The van der Waals surface area contributed by atoms with Crippen LogP contribution in [0.15, 0.2) is 51.0 Å². The molecule has 1 aliphatic heterocycles. The highest BCUT2D eigenvalue weighted by atomic mass is 32.2. The number of para-hydroxylation sites is 1. The van der Waals surface area contributed by atoms with Gasteiger partial charge in [-0.05, 0) is 23.1 Å². The second-order valence-corrected chi connectivity index (χ2v) is 9.19. The van der Waals surface area contributed by atoms with Crippen molar-refractivity contribution in [2.45, 2.75) is 16.5 Å². The van der Waals surface area contributed by atoms with Crippen LogP contribution in [-0.2, 0) is 14.8 Å². The van der Waals surface area contributed by atoms with E-state index in [1.807, 2.05) is 24.3 Å². The third kappa shape index (κ3) is 5.09. The highest BCUT2D eigenvalue weighted by Crippen LogP contribution is 2.31. The van der Waals surface area contributed by atoms with Crippen molar-refractivity contribution in [3.8, 4) is 0 Å². The van der Waals surface area contributed by atoms with Gasteiger partial charge in [0.15, 0.2) is 5.96 Å². The fraction of sp³-hybridized carbons (Fsp3) is 0.333. The van der Waals surface area contributed by atoms with E-state index >= 15 is 0 Å². The van der Waals surface area contributed by atoms with Gasteiger partial charge in [-0.15, -0.1) is 11.3 Å². The zero-order valence-electron chi connectivity index (χ0n) is 15.4. The number of carbonyl (C=O) groups excluding carboxylic acids is 1. The maximum absolute atomic E-state index is 12.1. The molecule has 1 atom stereocenters. The van der Waals surface area contributed by atoms with Gasteiger partial charge in [0.1, 0.15) is 4.21 Å². The summed E-state index contributed by atoms with van der Waals surface area (Å²) in [6.07, 6.45) is 0.404. The normalized spacial score (nSPS) is 17.0. The minimum absolute atomic E-state index is 0.00331. The number of guanidine groups is 1. The zero-order chi connectivity index (χ0) is 20.0. The molecule has 0 fully saturated rings. The Hall–Kier alpha value is -2.43. The van der Waals surface area contributed by atoms with Gasteiger partial charge in [-0.25, -0.2) is 13.1 Å². The first kappa shape index (κ1) is 20.3. The van der Waals surface area contributed by atoms with E-state index in [-0.39, 0.29) is 18.4 Å². The first-order valence-electron chi connectivity index (χ1n) is 8.86. The summed E-state index contributed by atoms with van der Waals surface area (Å²) in [6, 6.07) is 11.0. The SMILES string of the molecule is CN=C(NCCNS(=O)(=O)c1cccs1)NCC1CC(=O)Nc2ccccc21. The van der Waals surface area contributed by atoms with Crippen LogP contribution in [0.4, 0.5) is 5.69 Å². The first-order chi connectivity index (χ1) is 13.5. The molecular weight excluding hydrogens is 398 g/mol. The number of aliphatic imine (C=N–C) groups is 1. The Bertz CT molecular complexity index is 942. The van der Waals surface area contributed by atoms with Crippen LogP contribution >= 0.6 is 11.3 Å². The summed E-state index contributed by atoms with van der Waals surface area (Å²) in [5.74, 6) is 0.594. The molecule has 1 amide bonds. The van der Waals surface area contributed by atoms with Crippen LogP contribution in [-0.4, -0.2) is 47.0 Å². The minimum Gasteiger partial charge on any atom is -0.356 e. The summed E-state index contributed by atoms with van der Waals surface area (Å²) in [5, 5.41) is 10.9. The van der Waals surface area contributed by atoms with Crippen LogP contribution in [0.2, 0.25) is 0 Å². The van der Waals surface area contributed by atoms with Gasteiger partial charge in [-0.2, -0.15) is 0 Å². The lowest BCUT2D eigenvalue weighted by atomic mass is 9.90. The van der Waals surface area contributed by atoms with Crippen LogP contribution < -0.4 is 20.7 Å². The number of hydrogen-bond acceptors (Lipinski definition) is 5. The molecular formula is C18H23N5O3S2. The number of anilines is 1. The highest BCUT2D eigenvalue weighted by molar-refractivity contribution is 7.91. The summed E-state index contributed by atoms with van der Waals surface area (Å²) >= 11 is 1.18. The molecule has 3 rings (SSSR count). The molecule has 1 aromatic heterocycles. The number of rotatable bonds is 7. The van der Waals surface area contributed by atoms with Gasteiger partial charge in [0.25, 0.3) is 0 Å². The molecule has 0 radical (unpaired) electrons. The molecule has 0 bridgehead atoms. The molecule has 1 aromatic carbocycles. The molecule has 10 heteroatoms. The molecule has 0 aliphatic carbocycles. The Morgan fingerprint density at radius 2 is 2.04 bits per heavy atom. The molecule has 8 nitrogen and oxygen atoms in total. The average molecular weight is 422 g/mol. The molecule has 1 unspecified atom stereocenters. The second-order valence-electron chi connectivity index (χ2n) is 6.25. The van der Waals surface area contributed by atoms with Gasteiger partial charge >= 0.3 is 0 Å². The molecule has 2 heterocycles. The van der Waals surface area contributed by atoms with E-state index in [0.717, 1.165) is 11.3 Å². The van der Waals surface area contributed by atoms with Crippen molar-refractivity contribution in [2.24, 2.45) is 4.99 Å². The molecule has 2 aromatic rings. The van der Waals surface area contributed by atoms with E-state index in [9.17, 15) is 13.2 Å². The van der Waals surface area contributed by atoms with Crippen molar-refractivity contribution < 1.29 is 13.2 Å². The van der Waals surface area contributed by atoms with E-state index in [1.165, 1.54) is 11.3 Å². The van der Waals surface area contributed by atoms with Gasteiger partial charge in [-0.3, -0.25) is 9.79 Å². The van der Waals surface area contributed by atoms with Crippen molar-refractivity contribution in [1.82, 2.24) is 15.4 Å². The van der Waals surface area contributed by atoms with Crippen molar-refractivity contribution in [2.75, 3.05) is 32.0 Å². The summed E-state index contributed by atoms with van der Waals surface area (Å²) in [6.45, 7) is 1.16. The van der Waals surface area contributed by atoms with Gasteiger partial charge in [0.05, 0.1) is 0 Å². The topological polar surface area (TPSA) is 112 Å². The number of benzene rings is 1. The van der Waals surface area contributed by atoms with Gasteiger partial charge < -0.3 is 16.0 Å². The zero-order valence-corrected chi connectivity index (χ0v) is 17.1. The number of hydrogen-bond donors (Lipinski definition) is 4. The third-order valence-electron chi connectivity index (χ3n) is 4.32. The smallest absolute Gasteiger partial charge is 0.250 e. The number of carbonyl (C=O) groups is 1. The van der Waals surface area contributed by atoms with Crippen LogP contribution in [0.3, 0.4) is 0 Å². The lowest BCUT2D eigenvalue weighted by Crippen LogP contribution is -2.43. The second kappa shape index (κ2) is 9.18. The standard InChI is InChI=1S/C18H23N5O3S2/c1-19-18(20-8-9-22-28(25,26)17-7-4-10-27-17)21-12-13-11-16(24)23-15-6-3-2-5-14(13)15/h2-7,10,13,22H,8-9,11-12H2,1H3,(H,23,24)(H2,19,20,21). The van der Waals surface area contributed by atoms with Gasteiger partial charge in [0.2, 0.25) is 15.9 Å². The molecule has 1 aliphatic rings. The number of amides is 1.